The third kappa shape index (κ3) is 5.56. The first kappa shape index (κ1) is 21.6. The van der Waals surface area contributed by atoms with Gasteiger partial charge in [0.15, 0.2) is 0 Å². The molecule has 0 radical (unpaired) electrons. The van der Waals surface area contributed by atoms with Crippen molar-refractivity contribution in [1.82, 2.24) is 24.8 Å². The van der Waals surface area contributed by atoms with E-state index in [-0.39, 0.29) is 6.04 Å². The Morgan fingerprint density at radius 3 is 2.58 bits per heavy atom. The number of morpholine rings is 1. The summed E-state index contributed by atoms with van der Waals surface area (Å²) in [5, 5.41) is 3.69. The summed E-state index contributed by atoms with van der Waals surface area (Å²) in [7, 11) is 0. The van der Waals surface area contributed by atoms with Crippen molar-refractivity contribution in [3.8, 4) is 0 Å². The van der Waals surface area contributed by atoms with Crippen LogP contribution < -0.4 is 5.32 Å². The first-order valence-corrected chi connectivity index (χ1v) is 11.6. The van der Waals surface area contributed by atoms with Crippen LogP contribution in [0.2, 0.25) is 0 Å². The zero-order valence-electron chi connectivity index (χ0n) is 19.0. The highest BCUT2D eigenvalue weighted by Gasteiger charge is 2.19. The Bertz CT molecular complexity index is 1150. The number of rotatable bonds is 8. The second kappa shape index (κ2) is 10.1. The Hall–Kier alpha value is -3.29. The Kier molecular flexibility index (Phi) is 6.60. The van der Waals surface area contributed by atoms with Crippen molar-refractivity contribution >= 4 is 16.9 Å². The number of aryl methyl sites for hydroxylation is 3. The van der Waals surface area contributed by atoms with Crippen molar-refractivity contribution < 1.29 is 4.74 Å². The van der Waals surface area contributed by atoms with Gasteiger partial charge < -0.3 is 15.0 Å². The van der Waals surface area contributed by atoms with Crippen molar-refractivity contribution in [1.29, 1.82) is 0 Å². The smallest absolute Gasteiger partial charge is 0.130 e. The third-order valence-corrected chi connectivity index (χ3v) is 6.02. The van der Waals surface area contributed by atoms with Crippen LogP contribution in [0.25, 0.3) is 11.0 Å². The molecule has 7 heteroatoms. The van der Waals surface area contributed by atoms with E-state index in [1.165, 1.54) is 5.56 Å². The number of H-pyrrole nitrogens is 1. The van der Waals surface area contributed by atoms with Gasteiger partial charge >= 0.3 is 0 Å². The van der Waals surface area contributed by atoms with Gasteiger partial charge in [-0.05, 0) is 31.0 Å². The van der Waals surface area contributed by atoms with Crippen LogP contribution in [-0.2, 0) is 17.6 Å². The number of benzene rings is 2. The predicted octanol–water partition coefficient (Wildman–Crippen LogP) is 3.93. The van der Waals surface area contributed by atoms with E-state index in [9.17, 15) is 0 Å². The maximum atomic E-state index is 5.53. The maximum absolute atomic E-state index is 5.53. The zero-order chi connectivity index (χ0) is 22.5. The van der Waals surface area contributed by atoms with E-state index < -0.39 is 0 Å². The lowest BCUT2D eigenvalue weighted by Crippen LogP contribution is -2.40. The second-order valence-corrected chi connectivity index (χ2v) is 8.51. The molecule has 2 aromatic carbocycles. The highest BCUT2D eigenvalue weighted by atomic mass is 16.5. The van der Waals surface area contributed by atoms with E-state index in [1.807, 2.05) is 25.1 Å². The molecular weight excluding hydrogens is 412 g/mol. The van der Waals surface area contributed by atoms with E-state index >= 15 is 0 Å². The van der Waals surface area contributed by atoms with Gasteiger partial charge in [0.25, 0.3) is 0 Å². The van der Waals surface area contributed by atoms with Crippen LogP contribution in [0, 0.1) is 6.92 Å². The van der Waals surface area contributed by atoms with Gasteiger partial charge in [0, 0.05) is 37.8 Å². The fourth-order valence-corrected chi connectivity index (χ4v) is 4.34. The molecule has 170 valence electrons. The highest BCUT2D eigenvalue weighted by Crippen LogP contribution is 2.21. The molecule has 0 bridgehead atoms. The van der Waals surface area contributed by atoms with Crippen molar-refractivity contribution in [3.05, 3.63) is 83.6 Å². The normalized spacial score (nSPS) is 15.5. The molecule has 4 aromatic rings. The Morgan fingerprint density at radius 1 is 0.970 bits per heavy atom. The fourth-order valence-electron chi connectivity index (χ4n) is 4.34. The van der Waals surface area contributed by atoms with Gasteiger partial charge in [0.1, 0.15) is 17.5 Å². The quantitative estimate of drug-likeness (QED) is 0.430. The van der Waals surface area contributed by atoms with E-state index in [4.69, 9.17) is 14.7 Å². The van der Waals surface area contributed by atoms with Crippen LogP contribution >= 0.6 is 0 Å². The summed E-state index contributed by atoms with van der Waals surface area (Å²) in [6, 6.07) is 20.9. The second-order valence-electron chi connectivity index (χ2n) is 8.51. The first-order valence-electron chi connectivity index (χ1n) is 11.6. The summed E-state index contributed by atoms with van der Waals surface area (Å²) < 4.78 is 5.53. The van der Waals surface area contributed by atoms with Gasteiger partial charge in [0.05, 0.1) is 30.3 Å². The number of anilines is 1. The molecule has 0 spiro atoms. The lowest BCUT2D eigenvalue weighted by atomic mass is 10.1. The average Bonchev–Trinajstić information content (AvgIpc) is 3.26. The number of hydrogen-bond donors (Lipinski definition) is 2. The SMILES string of the molecule is Cc1nc(CCc2nc3ccccc3[nH]2)cc(N[C@H](CN2CCOCC2)c2ccccc2)n1. The monoisotopic (exact) mass is 442 g/mol. The number of ether oxygens (including phenoxy) is 1. The Balaban J connectivity index is 1.31. The summed E-state index contributed by atoms with van der Waals surface area (Å²) in [6.45, 7) is 6.35. The summed E-state index contributed by atoms with van der Waals surface area (Å²) in [6.07, 6.45) is 1.61. The molecule has 1 atom stereocenters. The minimum absolute atomic E-state index is 0.141. The molecule has 3 heterocycles. The van der Waals surface area contributed by atoms with E-state index in [2.05, 4.69) is 62.6 Å². The number of para-hydroxylation sites is 2. The number of aromatic nitrogens is 4. The summed E-state index contributed by atoms with van der Waals surface area (Å²) in [5.41, 5.74) is 4.35. The van der Waals surface area contributed by atoms with Gasteiger partial charge in [0.2, 0.25) is 0 Å². The fraction of sp³-hybridized carbons (Fsp3) is 0.346. The third-order valence-electron chi connectivity index (χ3n) is 6.02. The van der Waals surface area contributed by atoms with Gasteiger partial charge in [-0.3, -0.25) is 4.90 Å². The number of hydrogen-bond acceptors (Lipinski definition) is 6. The first-order chi connectivity index (χ1) is 16.2. The average molecular weight is 443 g/mol. The predicted molar refractivity (Wildman–Crippen MR) is 130 cm³/mol. The molecule has 2 aromatic heterocycles. The molecule has 1 aliphatic heterocycles. The van der Waals surface area contributed by atoms with Gasteiger partial charge in [-0.2, -0.15) is 0 Å². The molecule has 0 saturated carbocycles. The molecule has 7 nitrogen and oxygen atoms in total. The van der Waals surface area contributed by atoms with Crippen LogP contribution in [0.15, 0.2) is 60.7 Å². The van der Waals surface area contributed by atoms with Gasteiger partial charge in [-0.1, -0.05) is 42.5 Å². The van der Waals surface area contributed by atoms with Crippen molar-refractivity contribution in [2.24, 2.45) is 0 Å². The van der Waals surface area contributed by atoms with Gasteiger partial charge in [-0.15, -0.1) is 0 Å². The van der Waals surface area contributed by atoms with Crippen LogP contribution in [0.3, 0.4) is 0 Å². The Morgan fingerprint density at radius 2 is 1.76 bits per heavy atom. The number of nitrogens with one attached hydrogen (secondary N) is 2. The van der Waals surface area contributed by atoms with Crippen molar-refractivity contribution in [2.75, 3.05) is 38.2 Å². The van der Waals surface area contributed by atoms with Crippen LogP contribution in [-0.4, -0.2) is 57.7 Å². The van der Waals surface area contributed by atoms with Gasteiger partial charge in [-0.25, -0.2) is 15.0 Å². The lowest BCUT2D eigenvalue weighted by molar-refractivity contribution is 0.0360. The minimum Gasteiger partial charge on any atom is -0.379 e. The number of nitrogens with zero attached hydrogens (tertiary/aromatic N) is 4. The molecule has 1 saturated heterocycles. The molecule has 0 unspecified atom stereocenters. The molecule has 1 aliphatic rings. The maximum Gasteiger partial charge on any atom is 0.130 e. The summed E-state index contributed by atoms with van der Waals surface area (Å²) in [5.74, 6) is 2.62. The molecular formula is C26H30N6O. The van der Waals surface area contributed by atoms with Crippen LogP contribution in [0.4, 0.5) is 5.82 Å². The molecule has 5 rings (SSSR count). The molecule has 0 aliphatic carbocycles. The van der Waals surface area contributed by atoms with Crippen LogP contribution in [0.5, 0.6) is 0 Å². The van der Waals surface area contributed by atoms with E-state index in [0.29, 0.717) is 0 Å². The topological polar surface area (TPSA) is 79.0 Å². The van der Waals surface area contributed by atoms with Crippen LogP contribution in [0.1, 0.15) is 28.9 Å². The summed E-state index contributed by atoms with van der Waals surface area (Å²) in [4.78, 5) is 19.9. The minimum atomic E-state index is 0.141. The number of fused-ring (bicyclic) bond motifs is 1. The lowest BCUT2D eigenvalue weighted by Gasteiger charge is -2.31. The molecule has 0 amide bonds. The standard InChI is InChI=1S/C26H30N6O/c1-19-27-21(11-12-25-29-22-9-5-6-10-23(22)30-25)17-26(28-19)31-24(20-7-3-2-4-8-20)18-32-13-15-33-16-14-32/h2-10,17,24H,11-16,18H2,1H3,(H,29,30)(H,27,28,31)/t24-/m1/s1. The molecule has 1 fully saturated rings. The molecule has 33 heavy (non-hydrogen) atoms. The summed E-state index contributed by atoms with van der Waals surface area (Å²) >= 11 is 0. The largest absolute Gasteiger partial charge is 0.379 e. The highest BCUT2D eigenvalue weighted by molar-refractivity contribution is 5.74. The Labute approximate surface area is 194 Å². The van der Waals surface area contributed by atoms with Crippen molar-refractivity contribution in [3.63, 3.8) is 0 Å². The number of imidazole rings is 1. The zero-order valence-corrected chi connectivity index (χ0v) is 19.0. The van der Waals surface area contributed by atoms with E-state index in [1.54, 1.807) is 0 Å². The molecule has 2 N–H and O–H groups in total. The van der Waals surface area contributed by atoms with E-state index in [0.717, 1.165) is 79.9 Å². The number of aromatic amines is 1. The van der Waals surface area contributed by atoms with Crippen molar-refractivity contribution in [2.45, 2.75) is 25.8 Å².